The van der Waals surface area contributed by atoms with Crippen LogP contribution in [-0.4, -0.2) is 49.1 Å². The van der Waals surface area contributed by atoms with Crippen LogP contribution in [0.2, 0.25) is 0 Å². The Hall–Kier alpha value is -1.36. The zero-order valence-corrected chi connectivity index (χ0v) is 14.3. The number of ether oxygens (including phenoxy) is 1. The zero-order chi connectivity index (χ0) is 16.5. The third kappa shape index (κ3) is 5.79. The van der Waals surface area contributed by atoms with E-state index in [4.69, 9.17) is 4.74 Å². The molecule has 0 aromatic rings. The average molecular weight is 310 g/mol. The number of carbonyl (C=O) groups is 2. The van der Waals surface area contributed by atoms with Gasteiger partial charge in [-0.1, -0.05) is 25.5 Å². The van der Waals surface area contributed by atoms with Crippen LogP contribution in [0.5, 0.6) is 0 Å². The van der Waals surface area contributed by atoms with Gasteiger partial charge >= 0.3 is 5.97 Å². The third-order valence-electron chi connectivity index (χ3n) is 4.17. The van der Waals surface area contributed by atoms with Crippen LogP contribution < -0.4 is 5.32 Å². The molecule has 0 aromatic heterocycles. The van der Waals surface area contributed by atoms with E-state index in [1.807, 2.05) is 19.9 Å². The molecule has 1 aliphatic rings. The summed E-state index contributed by atoms with van der Waals surface area (Å²) in [4.78, 5) is 25.5. The van der Waals surface area contributed by atoms with E-state index >= 15 is 0 Å². The van der Waals surface area contributed by atoms with Crippen LogP contribution in [-0.2, 0) is 14.3 Å². The standard InChI is InChI=1S/C17H30N2O3/c1-5-8-15-9-16(17(21)22-7-3)19(12-15)11-14(6-2)10-18-13(4)20/h5,8,14-16H,6-7,9-12H2,1-4H3,(H,18,20)/t14?,15-,16-/m1/s1. The Balaban J connectivity index is 2.68. The van der Waals surface area contributed by atoms with Gasteiger partial charge in [0.1, 0.15) is 6.04 Å². The van der Waals surface area contributed by atoms with Crippen LogP contribution in [0.15, 0.2) is 12.2 Å². The van der Waals surface area contributed by atoms with E-state index in [1.165, 1.54) is 6.92 Å². The minimum atomic E-state index is -0.160. The van der Waals surface area contributed by atoms with Crippen molar-refractivity contribution in [2.75, 3.05) is 26.2 Å². The number of nitrogens with one attached hydrogen (secondary N) is 1. The lowest BCUT2D eigenvalue weighted by Gasteiger charge is -2.27. The van der Waals surface area contributed by atoms with Gasteiger partial charge in [0.25, 0.3) is 0 Å². The number of hydrogen-bond acceptors (Lipinski definition) is 4. The molecule has 1 saturated heterocycles. The summed E-state index contributed by atoms with van der Waals surface area (Å²) in [5.41, 5.74) is 0. The van der Waals surface area contributed by atoms with E-state index in [9.17, 15) is 9.59 Å². The Labute approximate surface area is 134 Å². The van der Waals surface area contributed by atoms with Crippen LogP contribution in [0.4, 0.5) is 0 Å². The van der Waals surface area contributed by atoms with Crippen LogP contribution in [0.3, 0.4) is 0 Å². The number of allylic oxidation sites excluding steroid dienone is 1. The number of likely N-dealkylation sites (tertiary alicyclic amines) is 1. The highest BCUT2D eigenvalue weighted by atomic mass is 16.5. The van der Waals surface area contributed by atoms with Crippen molar-refractivity contribution in [3.05, 3.63) is 12.2 Å². The van der Waals surface area contributed by atoms with Gasteiger partial charge in [0.15, 0.2) is 0 Å². The first kappa shape index (κ1) is 18.7. The Morgan fingerprint density at radius 2 is 2.14 bits per heavy atom. The number of rotatable bonds is 8. The Bertz CT molecular complexity index is 395. The van der Waals surface area contributed by atoms with E-state index in [0.717, 1.165) is 25.9 Å². The molecule has 1 aliphatic heterocycles. The average Bonchev–Trinajstić information content (AvgIpc) is 2.86. The largest absolute Gasteiger partial charge is 0.465 e. The Morgan fingerprint density at radius 1 is 1.41 bits per heavy atom. The van der Waals surface area contributed by atoms with Crippen molar-refractivity contribution < 1.29 is 14.3 Å². The number of amides is 1. The topological polar surface area (TPSA) is 58.6 Å². The summed E-state index contributed by atoms with van der Waals surface area (Å²) in [5, 5.41) is 2.88. The molecule has 1 fully saturated rings. The molecule has 3 atom stereocenters. The van der Waals surface area contributed by atoms with Crippen molar-refractivity contribution in [3.8, 4) is 0 Å². The fourth-order valence-electron chi connectivity index (χ4n) is 2.99. The molecule has 0 aliphatic carbocycles. The van der Waals surface area contributed by atoms with Crippen molar-refractivity contribution in [2.24, 2.45) is 11.8 Å². The molecule has 0 radical (unpaired) electrons. The summed E-state index contributed by atoms with van der Waals surface area (Å²) in [6.45, 7) is 10.3. The molecule has 1 unspecified atom stereocenters. The summed E-state index contributed by atoms with van der Waals surface area (Å²) in [6, 6.07) is -0.160. The highest BCUT2D eigenvalue weighted by Crippen LogP contribution is 2.26. The molecule has 1 heterocycles. The van der Waals surface area contributed by atoms with Gasteiger partial charge < -0.3 is 10.1 Å². The smallest absolute Gasteiger partial charge is 0.323 e. The molecule has 5 nitrogen and oxygen atoms in total. The minimum absolute atomic E-state index is 0.00592. The quantitative estimate of drug-likeness (QED) is 0.550. The second kappa shape index (κ2) is 9.62. The molecule has 0 aromatic carbocycles. The predicted molar refractivity (Wildman–Crippen MR) is 87.4 cm³/mol. The van der Waals surface area contributed by atoms with Crippen LogP contribution in [0, 0.1) is 11.8 Å². The maximum absolute atomic E-state index is 12.2. The van der Waals surface area contributed by atoms with Crippen molar-refractivity contribution in [2.45, 2.75) is 46.6 Å². The highest BCUT2D eigenvalue weighted by Gasteiger charge is 2.37. The number of hydrogen-bond donors (Lipinski definition) is 1. The van der Waals surface area contributed by atoms with Gasteiger partial charge in [-0.2, -0.15) is 0 Å². The van der Waals surface area contributed by atoms with Crippen LogP contribution in [0.1, 0.15) is 40.5 Å². The normalized spacial score (nSPS) is 23.6. The number of carbonyl (C=O) groups excluding carboxylic acids is 2. The molecule has 0 spiro atoms. The van der Waals surface area contributed by atoms with E-state index in [0.29, 0.717) is 25.0 Å². The molecule has 5 heteroatoms. The first-order valence-electron chi connectivity index (χ1n) is 8.29. The first-order chi connectivity index (χ1) is 10.5. The van der Waals surface area contributed by atoms with Gasteiger partial charge in [-0.25, -0.2) is 0 Å². The Kier molecular flexibility index (Phi) is 8.17. The number of nitrogens with zero attached hydrogens (tertiary/aromatic N) is 1. The SMILES string of the molecule is CC=C[C@@H]1C[C@H](C(=O)OCC)N(CC(CC)CNC(C)=O)C1. The second-order valence-electron chi connectivity index (χ2n) is 5.95. The van der Waals surface area contributed by atoms with E-state index in [2.05, 4.69) is 23.2 Å². The van der Waals surface area contributed by atoms with E-state index < -0.39 is 0 Å². The molecule has 1 amide bonds. The summed E-state index contributed by atoms with van der Waals surface area (Å²) in [6.07, 6.45) is 6.01. The summed E-state index contributed by atoms with van der Waals surface area (Å²) < 4.78 is 5.22. The van der Waals surface area contributed by atoms with Crippen LogP contribution >= 0.6 is 0 Å². The molecule has 0 bridgehead atoms. The fourth-order valence-corrected chi connectivity index (χ4v) is 2.99. The summed E-state index contributed by atoms with van der Waals surface area (Å²) >= 11 is 0. The Morgan fingerprint density at radius 3 is 2.68 bits per heavy atom. The predicted octanol–water partition coefficient (Wildman–Crippen LogP) is 1.98. The highest BCUT2D eigenvalue weighted by molar-refractivity contribution is 5.76. The molecular weight excluding hydrogens is 280 g/mol. The van der Waals surface area contributed by atoms with Crippen molar-refractivity contribution in [1.82, 2.24) is 10.2 Å². The third-order valence-corrected chi connectivity index (χ3v) is 4.17. The zero-order valence-electron chi connectivity index (χ0n) is 14.3. The maximum atomic E-state index is 12.2. The fraction of sp³-hybridized carbons (Fsp3) is 0.765. The summed E-state index contributed by atoms with van der Waals surface area (Å²) in [5.74, 6) is 0.625. The molecule has 126 valence electrons. The van der Waals surface area contributed by atoms with Crippen molar-refractivity contribution in [1.29, 1.82) is 0 Å². The second-order valence-corrected chi connectivity index (χ2v) is 5.95. The van der Waals surface area contributed by atoms with E-state index in [-0.39, 0.29) is 17.9 Å². The van der Waals surface area contributed by atoms with Gasteiger partial charge in [0, 0.05) is 26.6 Å². The lowest BCUT2D eigenvalue weighted by molar-refractivity contribution is -0.148. The molecule has 0 saturated carbocycles. The maximum Gasteiger partial charge on any atom is 0.323 e. The van der Waals surface area contributed by atoms with Crippen molar-refractivity contribution >= 4 is 11.9 Å². The van der Waals surface area contributed by atoms with Gasteiger partial charge in [0.2, 0.25) is 5.91 Å². The molecule has 1 N–H and O–H groups in total. The lowest BCUT2D eigenvalue weighted by Crippen LogP contribution is -2.42. The van der Waals surface area contributed by atoms with Gasteiger partial charge in [-0.05, 0) is 32.1 Å². The molecule has 1 rings (SSSR count). The molecule has 22 heavy (non-hydrogen) atoms. The summed E-state index contributed by atoms with van der Waals surface area (Å²) in [7, 11) is 0. The van der Waals surface area contributed by atoms with Crippen LogP contribution in [0.25, 0.3) is 0 Å². The van der Waals surface area contributed by atoms with Crippen molar-refractivity contribution in [3.63, 3.8) is 0 Å². The minimum Gasteiger partial charge on any atom is -0.465 e. The first-order valence-corrected chi connectivity index (χ1v) is 8.29. The monoisotopic (exact) mass is 310 g/mol. The lowest BCUT2D eigenvalue weighted by atomic mass is 10.0. The van der Waals surface area contributed by atoms with Gasteiger partial charge in [-0.15, -0.1) is 0 Å². The van der Waals surface area contributed by atoms with E-state index in [1.54, 1.807) is 0 Å². The van der Waals surface area contributed by atoms with Gasteiger partial charge in [0.05, 0.1) is 6.61 Å². The van der Waals surface area contributed by atoms with Gasteiger partial charge in [-0.3, -0.25) is 14.5 Å². The number of esters is 1. The molecular formula is C17H30N2O3.